The minimum absolute atomic E-state index is 0.152. The summed E-state index contributed by atoms with van der Waals surface area (Å²) in [5.74, 6) is -0.339. The number of nitrogens with zero attached hydrogens (tertiary/aromatic N) is 1. The molecular formula is C19H17FN2O2S. The third kappa shape index (κ3) is 3.49. The molecule has 0 saturated carbocycles. The molecule has 3 aromatic carbocycles. The number of sulfonamides is 1. The molecule has 0 aromatic heterocycles. The number of halogens is 1. The molecule has 3 rings (SSSR count). The number of hydrogen-bond acceptors (Lipinski definition) is 3. The van der Waals surface area contributed by atoms with Crippen LogP contribution >= 0.6 is 0 Å². The van der Waals surface area contributed by atoms with E-state index in [9.17, 15) is 12.8 Å². The van der Waals surface area contributed by atoms with Crippen molar-refractivity contribution < 1.29 is 12.8 Å². The van der Waals surface area contributed by atoms with Gasteiger partial charge in [-0.1, -0.05) is 30.3 Å². The molecule has 0 heterocycles. The van der Waals surface area contributed by atoms with Crippen LogP contribution in [0.5, 0.6) is 0 Å². The Morgan fingerprint density at radius 1 is 0.880 bits per heavy atom. The van der Waals surface area contributed by atoms with Crippen LogP contribution in [0.1, 0.15) is 0 Å². The molecule has 0 saturated heterocycles. The van der Waals surface area contributed by atoms with Crippen molar-refractivity contribution in [2.45, 2.75) is 4.90 Å². The number of anilines is 2. The van der Waals surface area contributed by atoms with Crippen molar-refractivity contribution in [1.29, 1.82) is 0 Å². The van der Waals surface area contributed by atoms with E-state index in [1.807, 2.05) is 0 Å². The first-order chi connectivity index (χ1) is 11.9. The van der Waals surface area contributed by atoms with Crippen LogP contribution in [0.25, 0.3) is 11.1 Å². The zero-order valence-electron chi connectivity index (χ0n) is 13.6. The first-order valence-electron chi connectivity index (χ1n) is 7.58. The number of nitrogens with two attached hydrogens (primary N) is 1. The third-order valence-corrected chi connectivity index (χ3v) is 5.69. The summed E-state index contributed by atoms with van der Waals surface area (Å²) in [5.41, 5.74) is 8.14. The molecule has 0 amide bonds. The van der Waals surface area contributed by atoms with E-state index in [1.165, 1.54) is 29.6 Å². The molecule has 0 unspecified atom stereocenters. The van der Waals surface area contributed by atoms with Crippen LogP contribution in [0.4, 0.5) is 15.8 Å². The van der Waals surface area contributed by atoms with Gasteiger partial charge < -0.3 is 5.73 Å². The van der Waals surface area contributed by atoms with Gasteiger partial charge in [0.1, 0.15) is 5.82 Å². The summed E-state index contributed by atoms with van der Waals surface area (Å²) in [6.07, 6.45) is 0. The fourth-order valence-electron chi connectivity index (χ4n) is 2.50. The Morgan fingerprint density at radius 2 is 1.56 bits per heavy atom. The van der Waals surface area contributed by atoms with Gasteiger partial charge in [0.25, 0.3) is 10.0 Å². The second-order valence-corrected chi connectivity index (χ2v) is 7.57. The van der Waals surface area contributed by atoms with Crippen molar-refractivity contribution >= 4 is 21.4 Å². The molecule has 0 aliphatic rings. The quantitative estimate of drug-likeness (QED) is 0.721. The van der Waals surface area contributed by atoms with Crippen molar-refractivity contribution in [1.82, 2.24) is 0 Å². The molecule has 25 heavy (non-hydrogen) atoms. The third-order valence-electron chi connectivity index (χ3n) is 3.90. The van der Waals surface area contributed by atoms with Crippen molar-refractivity contribution in [3.05, 3.63) is 78.6 Å². The summed E-state index contributed by atoms with van der Waals surface area (Å²) in [6, 6.07) is 19.1. The Balaban J connectivity index is 2.00. The molecule has 0 spiro atoms. The van der Waals surface area contributed by atoms with Crippen molar-refractivity contribution in [2.24, 2.45) is 0 Å². The smallest absolute Gasteiger partial charge is 0.264 e. The van der Waals surface area contributed by atoms with Gasteiger partial charge in [-0.15, -0.1) is 0 Å². The number of benzene rings is 3. The van der Waals surface area contributed by atoms with Gasteiger partial charge in [0, 0.05) is 12.7 Å². The van der Waals surface area contributed by atoms with Crippen molar-refractivity contribution in [3.63, 3.8) is 0 Å². The molecule has 3 aromatic rings. The van der Waals surface area contributed by atoms with Crippen molar-refractivity contribution in [3.8, 4) is 11.1 Å². The molecule has 0 radical (unpaired) electrons. The lowest BCUT2D eigenvalue weighted by molar-refractivity contribution is 0.594. The lowest BCUT2D eigenvalue weighted by atomic mass is 10.1. The maximum absolute atomic E-state index is 13.1. The van der Waals surface area contributed by atoms with E-state index in [-0.39, 0.29) is 10.7 Å². The van der Waals surface area contributed by atoms with Gasteiger partial charge >= 0.3 is 0 Å². The molecule has 4 nitrogen and oxygen atoms in total. The van der Waals surface area contributed by atoms with Crippen LogP contribution in [0.15, 0.2) is 77.7 Å². The van der Waals surface area contributed by atoms with Gasteiger partial charge in [-0.25, -0.2) is 12.8 Å². The lowest BCUT2D eigenvalue weighted by Crippen LogP contribution is -2.26. The Hall–Kier alpha value is -2.86. The van der Waals surface area contributed by atoms with Gasteiger partial charge in [-0.3, -0.25) is 4.31 Å². The highest BCUT2D eigenvalue weighted by Gasteiger charge is 2.21. The van der Waals surface area contributed by atoms with Crippen molar-refractivity contribution in [2.75, 3.05) is 17.1 Å². The first kappa shape index (κ1) is 17.0. The second-order valence-electron chi connectivity index (χ2n) is 5.60. The highest BCUT2D eigenvalue weighted by Crippen LogP contribution is 2.27. The molecule has 0 bridgehead atoms. The maximum atomic E-state index is 13.1. The average molecular weight is 356 g/mol. The molecule has 0 aliphatic heterocycles. The molecule has 0 aliphatic carbocycles. The molecule has 0 fully saturated rings. The predicted octanol–water partition coefficient (Wildman–Crippen LogP) is 3.90. The highest BCUT2D eigenvalue weighted by atomic mass is 32.2. The molecule has 2 N–H and O–H groups in total. The Labute approximate surface area is 146 Å². The average Bonchev–Trinajstić information content (AvgIpc) is 2.62. The topological polar surface area (TPSA) is 63.4 Å². The summed E-state index contributed by atoms with van der Waals surface area (Å²) in [5, 5.41) is 0. The molecule has 0 atom stereocenters. The van der Waals surface area contributed by atoms with Crippen LogP contribution in [-0.4, -0.2) is 15.5 Å². The van der Waals surface area contributed by atoms with Gasteiger partial charge in [0.15, 0.2) is 0 Å². The minimum atomic E-state index is -3.74. The van der Waals surface area contributed by atoms with Gasteiger partial charge in [-0.2, -0.15) is 0 Å². The second kappa shape index (κ2) is 6.57. The Bertz CT molecular complexity index is 1000. The summed E-state index contributed by atoms with van der Waals surface area (Å²) < 4.78 is 40.1. The first-order valence-corrected chi connectivity index (χ1v) is 9.02. The van der Waals surface area contributed by atoms with Crippen LogP contribution in [0, 0.1) is 5.82 Å². The van der Waals surface area contributed by atoms with Gasteiger partial charge in [0.2, 0.25) is 0 Å². The van der Waals surface area contributed by atoms with Gasteiger partial charge in [-0.05, 0) is 53.6 Å². The summed E-state index contributed by atoms with van der Waals surface area (Å²) in [6.45, 7) is 0. The van der Waals surface area contributed by atoms with E-state index < -0.39 is 10.0 Å². The summed E-state index contributed by atoms with van der Waals surface area (Å²) in [7, 11) is -2.26. The van der Waals surface area contributed by atoms with E-state index in [1.54, 1.807) is 54.6 Å². The van der Waals surface area contributed by atoms with Crippen LogP contribution in [-0.2, 0) is 10.0 Å². The predicted molar refractivity (Wildman–Crippen MR) is 98.3 cm³/mol. The fourth-order valence-corrected chi connectivity index (χ4v) is 3.73. The van der Waals surface area contributed by atoms with E-state index in [4.69, 9.17) is 5.73 Å². The van der Waals surface area contributed by atoms with Gasteiger partial charge in [0.05, 0.1) is 10.6 Å². The van der Waals surface area contributed by atoms with Crippen LogP contribution < -0.4 is 10.0 Å². The lowest BCUT2D eigenvalue weighted by Gasteiger charge is -2.20. The zero-order valence-corrected chi connectivity index (χ0v) is 14.4. The van der Waals surface area contributed by atoms with Crippen LogP contribution in [0.3, 0.4) is 0 Å². The maximum Gasteiger partial charge on any atom is 0.264 e. The Kier molecular flexibility index (Phi) is 4.46. The minimum Gasteiger partial charge on any atom is -0.399 e. The van der Waals surface area contributed by atoms with E-state index in [0.717, 1.165) is 5.56 Å². The standard InChI is InChI=1S/C19H17FN2O2S/c1-22(18-6-3-5-17(21)13-18)25(23,24)19-7-2-4-15(12-19)14-8-10-16(20)11-9-14/h2-13H,21H2,1H3. The summed E-state index contributed by atoms with van der Waals surface area (Å²) >= 11 is 0. The SMILES string of the molecule is CN(c1cccc(N)c1)S(=O)(=O)c1cccc(-c2ccc(F)cc2)c1. The number of hydrogen-bond donors (Lipinski definition) is 1. The molecule has 6 heteroatoms. The van der Waals surface area contributed by atoms with E-state index in [0.29, 0.717) is 16.9 Å². The monoisotopic (exact) mass is 356 g/mol. The number of rotatable bonds is 4. The highest BCUT2D eigenvalue weighted by molar-refractivity contribution is 7.92. The Morgan fingerprint density at radius 3 is 2.24 bits per heavy atom. The number of nitrogen functional groups attached to an aromatic ring is 1. The largest absolute Gasteiger partial charge is 0.399 e. The molecular weight excluding hydrogens is 339 g/mol. The van der Waals surface area contributed by atoms with E-state index >= 15 is 0 Å². The van der Waals surface area contributed by atoms with Crippen LogP contribution in [0.2, 0.25) is 0 Å². The fraction of sp³-hybridized carbons (Fsp3) is 0.0526. The zero-order chi connectivity index (χ0) is 18.0. The van der Waals surface area contributed by atoms with E-state index in [2.05, 4.69) is 0 Å². The summed E-state index contributed by atoms with van der Waals surface area (Å²) in [4.78, 5) is 0.152. The molecule has 128 valence electrons. The normalized spacial score (nSPS) is 11.3.